The zero-order valence-electron chi connectivity index (χ0n) is 17.7. The van der Waals surface area contributed by atoms with Crippen LogP contribution in [0.5, 0.6) is 0 Å². The molecule has 4 rings (SSSR count). The second-order valence-electron chi connectivity index (χ2n) is 7.33. The first-order chi connectivity index (χ1) is 15.0. The highest BCUT2D eigenvalue weighted by Crippen LogP contribution is 2.31. The van der Waals surface area contributed by atoms with E-state index in [9.17, 15) is 4.79 Å². The third-order valence-electron chi connectivity index (χ3n) is 4.99. The Morgan fingerprint density at radius 2 is 1.81 bits per heavy atom. The molecule has 0 radical (unpaired) electrons. The summed E-state index contributed by atoms with van der Waals surface area (Å²) in [5.41, 5.74) is 4.07. The van der Waals surface area contributed by atoms with E-state index in [1.807, 2.05) is 86.0 Å². The third kappa shape index (κ3) is 4.72. The maximum Gasteiger partial charge on any atom is 0.233 e. The van der Waals surface area contributed by atoms with Crippen molar-refractivity contribution in [2.24, 2.45) is 0 Å². The van der Waals surface area contributed by atoms with Crippen molar-refractivity contribution in [1.29, 1.82) is 0 Å². The van der Waals surface area contributed by atoms with E-state index in [-0.39, 0.29) is 11.2 Å². The maximum atomic E-state index is 12.7. The van der Waals surface area contributed by atoms with Crippen LogP contribution < -0.4 is 5.32 Å². The van der Waals surface area contributed by atoms with Crippen LogP contribution in [0.3, 0.4) is 0 Å². The van der Waals surface area contributed by atoms with Crippen LogP contribution in [0.15, 0.2) is 76.5 Å². The molecule has 6 nitrogen and oxygen atoms in total. The SMILES string of the molecule is Cc1ccc(CNC(=O)C(C)Sc2nnc(-c3ccoc3C)n2-c2ccccc2)cc1. The molecule has 1 N–H and O–H groups in total. The molecule has 0 aliphatic rings. The molecule has 2 aromatic carbocycles. The number of nitrogens with zero attached hydrogens (tertiary/aromatic N) is 3. The fourth-order valence-corrected chi connectivity index (χ4v) is 4.09. The van der Waals surface area contributed by atoms with Crippen molar-refractivity contribution < 1.29 is 9.21 Å². The van der Waals surface area contributed by atoms with Gasteiger partial charge < -0.3 is 9.73 Å². The number of aromatic nitrogens is 3. The van der Waals surface area contributed by atoms with E-state index >= 15 is 0 Å². The summed E-state index contributed by atoms with van der Waals surface area (Å²) < 4.78 is 7.43. The normalized spacial score (nSPS) is 12.0. The maximum absolute atomic E-state index is 12.7. The fraction of sp³-hybridized carbons (Fsp3) is 0.208. The van der Waals surface area contributed by atoms with Gasteiger partial charge in [0.1, 0.15) is 5.76 Å². The van der Waals surface area contributed by atoms with Gasteiger partial charge in [-0.25, -0.2) is 0 Å². The molecule has 4 aromatic rings. The first-order valence-corrected chi connectivity index (χ1v) is 11.0. The van der Waals surface area contributed by atoms with Crippen molar-refractivity contribution in [3.8, 4) is 17.1 Å². The summed E-state index contributed by atoms with van der Waals surface area (Å²) >= 11 is 1.38. The number of hydrogen-bond acceptors (Lipinski definition) is 5. The lowest BCUT2D eigenvalue weighted by Crippen LogP contribution is -2.30. The number of thioether (sulfide) groups is 1. The molecule has 0 fully saturated rings. The third-order valence-corrected chi connectivity index (χ3v) is 6.03. The van der Waals surface area contributed by atoms with Crippen molar-refractivity contribution in [2.75, 3.05) is 0 Å². The first kappa shape index (κ1) is 20.9. The number of para-hydroxylation sites is 1. The molecule has 1 unspecified atom stereocenters. The van der Waals surface area contributed by atoms with Crippen LogP contribution in [-0.4, -0.2) is 25.9 Å². The predicted molar refractivity (Wildman–Crippen MR) is 122 cm³/mol. The smallest absolute Gasteiger partial charge is 0.233 e. The van der Waals surface area contributed by atoms with E-state index < -0.39 is 0 Å². The Hall–Kier alpha value is -3.32. The molecule has 2 heterocycles. The van der Waals surface area contributed by atoms with Crippen LogP contribution in [0.25, 0.3) is 17.1 Å². The Balaban J connectivity index is 1.55. The quantitative estimate of drug-likeness (QED) is 0.419. The van der Waals surface area contributed by atoms with E-state index in [4.69, 9.17) is 4.42 Å². The number of hydrogen-bond donors (Lipinski definition) is 1. The molecule has 7 heteroatoms. The molecule has 31 heavy (non-hydrogen) atoms. The van der Waals surface area contributed by atoms with Gasteiger partial charge in [0, 0.05) is 12.2 Å². The number of furan rings is 1. The van der Waals surface area contributed by atoms with Crippen LogP contribution in [0.1, 0.15) is 23.8 Å². The molecule has 0 bridgehead atoms. The Morgan fingerprint density at radius 1 is 1.06 bits per heavy atom. The number of aryl methyl sites for hydroxylation is 2. The van der Waals surface area contributed by atoms with E-state index in [1.54, 1.807) is 6.26 Å². The second-order valence-corrected chi connectivity index (χ2v) is 8.64. The number of nitrogens with one attached hydrogen (secondary N) is 1. The first-order valence-electron chi connectivity index (χ1n) is 10.1. The van der Waals surface area contributed by atoms with E-state index in [0.717, 1.165) is 22.6 Å². The molecule has 158 valence electrons. The molecular weight excluding hydrogens is 408 g/mol. The lowest BCUT2D eigenvalue weighted by Gasteiger charge is -2.14. The molecular formula is C24H24N4O2S. The minimum absolute atomic E-state index is 0.0470. The average molecular weight is 433 g/mol. The predicted octanol–water partition coefficient (Wildman–Crippen LogP) is 4.94. The zero-order valence-corrected chi connectivity index (χ0v) is 18.5. The Bertz CT molecular complexity index is 1170. The van der Waals surface area contributed by atoms with Gasteiger partial charge in [-0.15, -0.1) is 10.2 Å². The monoisotopic (exact) mass is 432 g/mol. The number of rotatable bonds is 7. The lowest BCUT2D eigenvalue weighted by atomic mass is 10.1. The molecule has 0 aliphatic carbocycles. The average Bonchev–Trinajstić information content (AvgIpc) is 3.39. The molecule has 0 spiro atoms. The topological polar surface area (TPSA) is 73.0 Å². The van der Waals surface area contributed by atoms with Gasteiger partial charge in [0.2, 0.25) is 5.91 Å². The minimum Gasteiger partial charge on any atom is -0.469 e. The van der Waals surface area contributed by atoms with Gasteiger partial charge in [-0.2, -0.15) is 0 Å². The summed E-state index contributed by atoms with van der Waals surface area (Å²) in [4.78, 5) is 12.7. The summed E-state index contributed by atoms with van der Waals surface area (Å²) in [5.74, 6) is 1.41. The lowest BCUT2D eigenvalue weighted by molar-refractivity contribution is -0.120. The highest BCUT2D eigenvalue weighted by molar-refractivity contribution is 8.00. The Morgan fingerprint density at radius 3 is 2.48 bits per heavy atom. The van der Waals surface area contributed by atoms with Crippen molar-refractivity contribution in [3.05, 3.63) is 83.8 Å². The number of carbonyl (C=O) groups excluding carboxylic acids is 1. The Labute approximate surface area is 185 Å². The number of amides is 1. The summed E-state index contributed by atoms with van der Waals surface area (Å²) in [6.07, 6.45) is 1.64. The van der Waals surface area contributed by atoms with Gasteiger partial charge in [-0.1, -0.05) is 59.8 Å². The highest BCUT2D eigenvalue weighted by Gasteiger charge is 2.23. The minimum atomic E-state index is -0.338. The van der Waals surface area contributed by atoms with Crippen LogP contribution in [0, 0.1) is 13.8 Å². The zero-order chi connectivity index (χ0) is 21.8. The Kier molecular flexibility index (Phi) is 6.23. The number of carbonyl (C=O) groups is 1. The van der Waals surface area contributed by atoms with Crippen LogP contribution in [0.4, 0.5) is 0 Å². The van der Waals surface area contributed by atoms with E-state index in [1.165, 1.54) is 17.3 Å². The molecule has 2 aromatic heterocycles. The molecule has 0 saturated heterocycles. The van der Waals surface area contributed by atoms with Crippen LogP contribution >= 0.6 is 11.8 Å². The van der Waals surface area contributed by atoms with Crippen molar-refractivity contribution >= 4 is 17.7 Å². The summed E-state index contributed by atoms with van der Waals surface area (Å²) in [6, 6.07) is 19.9. The standard InChI is InChI=1S/C24H24N4O2S/c1-16-9-11-19(12-10-16)15-25-23(29)18(3)31-24-27-26-22(21-13-14-30-17(21)2)28(24)20-7-5-4-6-8-20/h4-14,18H,15H2,1-3H3,(H,25,29). The van der Waals surface area contributed by atoms with Gasteiger partial charge >= 0.3 is 0 Å². The van der Waals surface area contributed by atoms with Crippen molar-refractivity contribution in [3.63, 3.8) is 0 Å². The largest absolute Gasteiger partial charge is 0.469 e. The fourth-order valence-electron chi connectivity index (χ4n) is 3.20. The van der Waals surface area contributed by atoms with Gasteiger partial charge in [0.25, 0.3) is 0 Å². The van der Waals surface area contributed by atoms with Gasteiger partial charge in [-0.3, -0.25) is 9.36 Å². The van der Waals surface area contributed by atoms with Crippen LogP contribution in [-0.2, 0) is 11.3 Å². The summed E-state index contributed by atoms with van der Waals surface area (Å²) in [6.45, 7) is 6.31. The van der Waals surface area contributed by atoms with Gasteiger partial charge in [-0.05, 0) is 44.5 Å². The summed E-state index contributed by atoms with van der Waals surface area (Å²) in [5, 5.41) is 12.1. The van der Waals surface area contributed by atoms with Crippen LogP contribution in [0.2, 0.25) is 0 Å². The second kappa shape index (κ2) is 9.22. The summed E-state index contributed by atoms with van der Waals surface area (Å²) in [7, 11) is 0. The van der Waals surface area contributed by atoms with E-state index in [2.05, 4.69) is 15.5 Å². The molecule has 0 aliphatic heterocycles. The highest BCUT2D eigenvalue weighted by atomic mass is 32.2. The van der Waals surface area contributed by atoms with Gasteiger partial charge in [0.15, 0.2) is 11.0 Å². The van der Waals surface area contributed by atoms with Crippen molar-refractivity contribution in [2.45, 2.75) is 37.7 Å². The van der Waals surface area contributed by atoms with E-state index in [0.29, 0.717) is 17.5 Å². The molecule has 1 amide bonds. The van der Waals surface area contributed by atoms with Gasteiger partial charge in [0.05, 0.1) is 17.1 Å². The van der Waals surface area contributed by atoms with Crippen molar-refractivity contribution in [1.82, 2.24) is 20.1 Å². The molecule has 0 saturated carbocycles. The number of benzene rings is 2. The molecule has 1 atom stereocenters.